The molecular formula is C21H22N4O2. The minimum Gasteiger partial charge on any atom is -0.492 e. The molecule has 0 spiro atoms. The molecular weight excluding hydrogens is 340 g/mol. The fourth-order valence-corrected chi connectivity index (χ4v) is 2.58. The number of amides is 1. The Hall–Kier alpha value is -3.28. The number of carbonyl (C=O) groups excluding carboxylic acids is 1. The lowest BCUT2D eigenvalue weighted by Gasteiger charge is -2.09. The molecule has 6 nitrogen and oxygen atoms in total. The molecule has 0 radical (unpaired) electrons. The quantitative estimate of drug-likeness (QED) is 0.652. The Morgan fingerprint density at radius 2 is 1.93 bits per heavy atom. The van der Waals surface area contributed by atoms with Crippen LogP contribution >= 0.6 is 0 Å². The van der Waals surface area contributed by atoms with Gasteiger partial charge in [0.05, 0.1) is 24.7 Å². The molecule has 0 saturated carbocycles. The first-order valence-electron chi connectivity index (χ1n) is 8.85. The van der Waals surface area contributed by atoms with Crippen LogP contribution in [-0.4, -0.2) is 34.2 Å². The number of nitrogens with one attached hydrogen (secondary N) is 1. The van der Waals surface area contributed by atoms with E-state index in [1.165, 1.54) is 0 Å². The molecule has 2 heterocycles. The van der Waals surface area contributed by atoms with Gasteiger partial charge in [-0.1, -0.05) is 12.1 Å². The number of hydrogen-bond acceptors (Lipinski definition) is 5. The lowest BCUT2D eigenvalue weighted by Crippen LogP contribution is -2.25. The van der Waals surface area contributed by atoms with E-state index in [4.69, 9.17) is 4.74 Å². The third-order valence-corrected chi connectivity index (χ3v) is 4.29. The van der Waals surface area contributed by atoms with Crippen LogP contribution in [-0.2, 0) is 0 Å². The van der Waals surface area contributed by atoms with Crippen molar-refractivity contribution in [2.24, 2.45) is 0 Å². The van der Waals surface area contributed by atoms with Gasteiger partial charge in [-0.15, -0.1) is 0 Å². The number of pyridine rings is 1. The minimum atomic E-state index is -0.102. The topological polar surface area (TPSA) is 77.0 Å². The molecule has 1 amide bonds. The molecule has 0 saturated heterocycles. The standard InChI is InChI=1S/C21H22N4O2/c1-15-13-24-25-20(16(15)2)17-6-8-18(9-7-17)21(26)23-11-4-12-27-19-5-3-10-22-14-19/h3,5-10,13-14H,4,11-12H2,1-2H3,(H,23,26). The SMILES string of the molecule is Cc1cnnc(-c2ccc(C(=O)NCCCOc3cccnc3)cc2)c1C. The molecule has 0 fully saturated rings. The van der Waals surface area contributed by atoms with E-state index in [-0.39, 0.29) is 5.91 Å². The molecule has 0 atom stereocenters. The molecule has 0 aliphatic rings. The highest BCUT2D eigenvalue weighted by Crippen LogP contribution is 2.22. The summed E-state index contributed by atoms with van der Waals surface area (Å²) in [7, 11) is 0. The molecule has 0 unspecified atom stereocenters. The lowest BCUT2D eigenvalue weighted by molar-refractivity contribution is 0.0951. The first-order chi connectivity index (χ1) is 13.1. The molecule has 0 aliphatic carbocycles. The van der Waals surface area contributed by atoms with Gasteiger partial charge in [0.25, 0.3) is 5.91 Å². The van der Waals surface area contributed by atoms with E-state index in [0.29, 0.717) is 18.7 Å². The maximum Gasteiger partial charge on any atom is 0.251 e. The van der Waals surface area contributed by atoms with E-state index >= 15 is 0 Å². The van der Waals surface area contributed by atoms with Crippen LogP contribution in [0.25, 0.3) is 11.3 Å². The number of benzene rings is 1. The van der Waals surface area contributed by atoms with Crippen molar-refractivity contribution in [1.82, 2.24) is 20.5 Å². The second-order valence-corrected chi connectivity index (χ2v) is 6.23. The summed E-state index contributed by atoms with van der Waals surface area (Å²) in [6.45, 7) is 5.10. The third kappa shape index (κ3) is 4.88. The van der Waals surface area contributed by atoms with Crippen molar-refractivity contribution in [3.8, 4) is 17.0 Å². The smallest absolute Gasteiger partial charge is 0.251 e. The number of carbonyl (C=O) groups is 1. The van der Waals surface area contributed by atoms with Gasteiger partial charge in [-0.3, -0.25) is 9.78 Å². The summed E-state index contributed by atoms with van der Waals surface area (Å²) >= 11 is 0. The summed E-state index contributed by atoms with van der Waals surface area (Å²) < 4.78 is 5.55. The van der Waals surface area contributed by atoms with Crippen molar-refractivity contribution in [3.63, 3.8) is 0 Å². The zero-order valence-corrected chi connectivity index (χ0v) is 15.5. The van der Waals surface area contributed by atoms with Crippen molar-refractivity contribution in [2.75, 3.05) is 13.2 Å². The lowest BCUT2D eigenvalue weighted by atomic mass is 10.0. The average molecular weight is 362 g/mol. The Kier molecular flexibility index (Phi) is 6.10. The summed E-state index contributed by atoms with van der Waals surface area (Å²) in [6, 6.07) is 11.1. The van der Waals surface area contributed by atoms with Crippen molar-refractivity contribution in [2.45, 2.75) is 20.3 Å². The van der Waals surface area contributed by atoms with E-state index in [1.54, 1.807) is 30.7 Å². The number of hydrogen-bond donors (Lipinski definition) is 1. The predicted molar refractivity (Wildman–Crippen MR) is 104 cm³/mol. The second-order valence-electron chi connectivity index (χ2n) is 6.23. The number of ether oxygens (including phenoxy) is 1. The summed E-state index contributed by atoms with van der Waals surface area (Å²) in [5.74, 6) is 0.629. The summed E-state index contributed by atoms with van der Waals surface area (Å²) in [6.07, 6.45) is 5.83. The number of aryl methyl sites for hydroxylation is 1. The third-order valence-electron chi connectivity index (χ3n) is 4.29. The van der Waals surface area contributed by atoms with Gasteiger partial charge < -0.3 is 10.1 Å². The maximum absolute atomic E-state index is 12.3. The van der Waals surface area contributed by atoms with Gasteiger partial charge in [-0.05, 0) is 55.7 Å². The van der Waals surface area contributed by atoms with E-state index in [2.05, 4.69) is 20.5 Å². The molecule has 138 valence electrons. The van der Waals surface area contributed by atoms with Gasteiger partial charge in [0.1, 0.15) is 5.75 Å². The van der Waals surface area contributed by atoms with Crippen molar-refractivity contribution < 1.29 is 9.53 Å². The fourth-order valence-electron chi connectivity index (χ4n) is 2.58. The molecule has 1 N–H and O–H groups in total. The molecule has 27 heavy (non-hydrogen) atoms. The molecule has 0 bridgehead atoms. The van der Waals surface area contributed by atoms with E-state index < -0.39 is 0 Å². The number of nitrogens with zero attached hydrogens (tertiary/aromatic N) is 3. The first kappa shape index (κ1) is 18.5. The van der Waals surface area contributed by atoms with Crippen molar-refractivity contribution in [1.29, 1.82) is 0 Å². The van der Waals surface area contributed by atoms with E-state index in [9.17, 15) is 4.79 Å². The summed E-state index contributed by atoms with van der Waals surface area (Å²) in [4.78, 5) is 16.2. The molecule has 3 aromatic rings. The summed E-state index contributed by atoms with van der Waals surface area (Å²) in [5, 5.41) is 11.1. The maximum atomic E-state index is 12.3. The Bertz CT molecular complexity index is 896. The highest BCUT2D eigenvalue weighted by atomic mass is 16.5. The number of rotatable bonds is 7. The van der Waals surface area contributed by atoms with E-state index in [1.807, 2.05) is 38.1 Å². The Morgan fingerprint density at radius 3 is 2.67 bits per heavy atom. The van der Waals surface area contributed by atoms with Gasteiger partial charge in [-0.25, -0.2) is 0 Å². The Morgan fingerprint density at radius 1 is 1.11 bits per heavy atom. The zero-order chi connectivity index (χ0) is 19.1. The molecule has 3 rings (SSSR count). The van der Waals surface area contributed by atoms with Gasteiger partial charge in [0, 0.05) is 23.9 Å². The highest BCUT2D eigenvalue weighted by molar-refractivity contribution is 5.94. The molecule has 0 aliphatic heterocycles. The van der Waals surface area contributed by atoms with Crippen LogP contribution in [0.15, 0.2) is 55.0 Å². The largest absolute Gasteiger partial charge is 0.492 e. The second kappa shape index (κ2) is 8.89. The average Bonchev–Trinajstić information content (AvgIpc) is 2.70. The van der Waals surface area contributed by atoms with Crippen LogP contribution in [0.4, 0.5) is 0 Å². The monoisotopic (exact) mass is 362 g/mol. The van der Waals surface area contributed by atoms with Gasteiger partial charge >= 0.3 is 0 Å². The van der Waals surface area contributed by atoms with Gasteiger partial charge in [0.2, 0.25) is 0 Å². The minimum absolute atomic E-state index is 0.102. The van der Waals surface area contributed by atoms with Crippen LogP contribution in [0, 0.1) is 13.8 Å². The van der Waals surface area contributed by atoms with E-state index in [0.717, 1.165) is 34.6 Å². The van der Waals surface area contributed by atoms with Crippen molar-refractivity contribution >= 4 is 5.91 Å². The number of aromatic nitrogens is 3. The first-order valence-corrected chi connectivity index (χ1v) is 8.85. The Labute approximate surface area is 158 Å². The molecule has 6 heteroatoms. The summed E-state index contributed by atoms with van der Waals surface area (Å²) in [5.41, 5.74) is 4.59. The molecule has 2 aromatic heterocycles. The van der Waals surface area contributed by atoms with Gasteiger partial charge in [0.15, 0.2) is 0 Å². The zero-order valence-electron chi connectivity index (χ0n) is 15.5. The molecule has 1 aromatic carbocycles. The van der Waals surface area contributed by atoms with Crippen LogP contribution in [0.5, 0.6) is 5.75 Å². The Balaban J connectivity index is 1.50. The predicted octanol–water partition coefficient (Wildman–Crippen LogP) is 3.35. The van der Waals surface area contributed by atoms with Crippen LogP contribution in [0.1, 0.15) is 27.9 Å². The van der Waals surface area contributed by atoms with Gasteiger partial charge in [-0.2, -0.15) is 10.2 Å². The highest BCUT2D eigenvalue weighted by Gasteiger charge is 2.09. The van der Waals surface area contributed by atoms with Crippen molar-refractivity contribution in [3.05, 3.63) is 71.7 Å². The van der Waals surface area contributed by atoms with Crippen LogP contribution < -0.4 is 10.1 Å². The normalized spacial score (nSPS) is 10.4. The van der Waals surface area contributed by atoms with Crippen LogP contribution in [0.2, 0.25) is 0 Å². The fraction of sp³-hybridized carbons (Fsp3) is 0.238. The van der Waals surface area contributed by atoms with Crippen LogP contribution in [0.3, 0.4) is 0 Å².